The quantitative estimate of drug-likeness (QED) is 0.613. The Morgan fingerprint density at radius 3 is 3.15 bits per heavy atom. The van der Waals surface area contributed by atoms with Gasteiger partial charge in [-0.05, 0) is 18.6 Å². The van der Waals surface area contributed by atoms with Crippen molar-refractivity contribution in [2.75, 3.05) is 6.61 Å². The van der Waals surface area contributed by atoms with E-state index in [1.807, 2.05) is 19.1 Å². The van der Waals surface area contributed by atoms with Crippen LogP contribution in [-0.4, -0.2) is 13.0 Å². The fraction of sp³-hybridized carbons (Fsp3) is 0.400. The second-order valence-electron chi connectivity index (χ2n) is 3.07. The van der Waals surface area contributed by atoms with Gasteiger partial charge in [-0.1, -0.05) is 12.1 Å². The highest BCUT2D eigenvalue weighted by molar-refractivity contribution is 5.46. The first-order chi connectivity index (χ1) is 6.27. The zero-order valence-corrected chi connectivity index (χ0v) is 7.42. The molecule has 13 heavy (non-hydrogen) atoms. The molecule has 1 heterocycles. The van der Waals surface area contributed by atoms with Gasteiger partial charge in [-0.15, -0.1) is 0 Å². The third kappa shape index (κ3) is 1.59. The fourth-order valence-electron chi connectivity index (χ4n) is 1.35. The molecule has 1 aliphatic rings. The van der Waals surface area contributed by atoms with Crippen molar-refractivity contribution in [3.05, 3.63) is 23.8 Å². The van der Waals surface area contributed by atoms with Crippen LogP contribution in [0, 0.1) is 6.92 Å². The molecule has 1 aromatic rings. The van der Waals surface area contributed by atoms with Crippen LogP contribution in [0.5, 0.6) is 11.5 Å². The van der Waals surface area contributed by atoms with Crippen LogP contribution < -0.4 is 9.47 Å². The van der Waals surface area contributed by atoms with E-state index in [-0.39, 0.29) is 6.42 Å². The second kappa shape index (κ2) is 3.24. The van der Waals surface area contributed by atoms with Gasteiger partial charge in [0.1, 0.15) is 0 Å². The highest BCUT2D eigenvalue weighted by atomic mass is 19.1. The molecule has 2 nitrogen and oxygen atoms in total. The molecule has 0 aromatic heterocycles. The fourth-order valence-corrected chi connectivity index (χ4v) is 1.35. The highest BCUT2D eigenvalue weighted by Gasteiger charge is 2.18. The average molecular weight is 182 g/mol. The number of hydrogen-bond acceptors (Lipinski definition) is 2. The third-order valence-electron chi connectivity index (χ3n) is 2.02. The van der Waals surface area contributed by atoms with Crippen molar-refractivity contribution < 1.29 is 13.9 Å². The Kier molecular flexibility index (Phi) is 2.08. The third-order valence-corrected chi connectivity index (χ3v) is 2.02. The van der Waals surface area contributed by atoms with E-state index in [2.05, 4.69) is 0 Å². The Hall–Kier alpha value is -1.25. The van der Waals surface area contributed by atoms with Crippen molar-refractivity contribution in [1.29, 1.82) is 0 Å². The van der Waals surface area contributed by atoms with Crippen LogP contribution in [0.25, 0.3) is 0 Å². The van der Waals surface area contributed by atoms with Crippen LogP contribution in [0.1, 0.15) is 12.0 Å². The zero-order chi connectivity index (χ0) is 9.26. The lowest BCUT2D eigenvalue weighted by Gasteiger charge is -2.09. The van der Waals surface area contributed by atoms with Crippen molar-refractivity contribution >= 4 is 0 Å². The van der Waals surface area contributed by atoms with Gasteiger partial charge in [0.2, 0.25) is 6.36 Å². The van der Waals surface area contributed by atoms with Crippen molar-refractivity contribution in [1.82, 2.24) is 0 Å². The summed E-state index contributed by atoms with van der Waals surface area (Å²) in [7, 11) is 0. The molecule has 3 heteroatoms. The van der Waals surface area contributed by atoms with Gasteiger partial charge in [0.05, 0.1) is 6.61 Å². The summed E-state index contributed by atoms with van der Waals surface area (Å²) in [6, 6.07) is 5.47. The zero-order valence-electron chi connectivity index (χ0n) is 7.42. The Balaban J connectivity index is 2.39. The SMILES string of the molecule is Cc1cccc2c1OCCC(F)O2. The van der Waals surface area contributed by atoms with Gasteiger partial charge in [0.15, 0.2) is 11.5 Å². The summed E-state index contributed by atoms with van der Waals surface area (Å²) < 4.78 is 23.4. The van der Waals surface area contributed by atoms with E-state index in [0.29, 0.717) is 18.1 Å². The standard InChI is InChI=1S/C10H11FO2/c1-7-3-2-4-8-10(7)12-6-5-9(11)13-8/h2-4,9H,5-6H2,1H3. The Morgan fingerprint density at radius 1 is 1.46 bits per heavy atom. The number of benzene rings is 1. The van der Waals surface area contributed by atoms with E-state index in [1.165, 1.54) is 0 Å². The van der Waals surface area contributed by atoms with Crippen molar-refractivity contribution in [2.45, 2.75) is 19.7 Å². The molecule has 0 spiro atoms. The van der Waals surface area contributed by atoms with Gasteiger partial charge in [0, 0.05) is 6.42 Å². The summed E-state index contributed by atoms with van der Waals surface area (Å²) in [5.74, 6) is 1.17. The second-order valence-corrected chi connectivity index (χ2v) is 3.07. The van der Waals surface area contributed by atoms with Crippen LogP contribution in [0.15, 0.2) is 18.2 Å². The number of hydrogen-bond donors (Lipinski definition) is 0. The van der Waals surface area contributed by atoms with Gasteiger partial charge in [-0.2, -0.15) is 0 Å². The van der Waals surface area contributed by atoms with Crippen molar-refractivity contribution in [3.63, 3.8) is 0 Å². The van der Waals surface area contributed by atoms with Crippen LogP contribution in [0.3, 0.4) is 0 Å². The molecule has 0 N–H and O–H groups in total. The molecule has 0 fully saturated rings. The number of fused-ring (bicyclic) bond motifs is 1. The van der Waals surface area contributed by atoms with Gasteiger partial charge >= 0.3 is 0 Å². The maximum Gasteiger partial charge on any atom is 0.242 e. The van der Waals surface area contributed by atoms with Crippen LogP contribution in [-0.2, 0) is 0 Å². The van der Waals surface area contributed by atoms with Crippen LogP contribution in [0.4, 0.5) is 4.39 Å². The summed E-state index contributed by atoms with van der Waals surface area (Å²) in [6.45, 7) is 2.29. The predicted octanol–water partition coefficient (Wildman–Crippen LogP) is 2.45. The van der Waals surface area contributed by atoms with Gasteiger partial charge in [0.25, 0.3) is 0 Å². The van der Waals surface area contributed by atoms with Crippen LogP contribution >= 0.6 is 0 Å². The van der Waals surface area contributed by atoms with E-state index in [9.17, 15) is 4.39 Å². The lowest BCUT2D eigenvalue weighted by molar-refractivity contribution is 0.0612. The number of halogens is 1. The first kappa shape index (κ1) is 8.35. The average Bonchev–Trinajstić information content (AvgIpc) is 2.27. The maximum atomic E-state index is 13.0. The molecule has 1 aliphatic heterocycles. The topological polar surface area (TPSA) is 18.5 Å². The first-order valence-electron chi connectivity index (χ1n) is 4.30. The summed E-state index contributed by atoms with van der Waals surface area (Å²) in [5, 5.41) is 0. The minimum absolute atomic E-state index is 0.286. The molecule has 1 aromatic carbocycles. The van der Waals surface area contributed by atoms with E-state index < -0.39 is 6.36 Å². The summed E-state index contributed by atoms with van der Waals surface area (Å²) in [6.07, 6.45) is -0.961. The molecule has 0 aliphatic carbocycles. The smallest absolute Gasteiger partial charge is 0.242 e. The number of aryl methyl sites for hydroxylation is 1. The molecular weight excluding hydrogens is 171 g/mol. The molecule has 0 saturated heterocycles. The summed E-state index contributed by atoms with van der Waals surface area (Å²) in [5.41, 5.74) is 0.978. The Bertz CT molecular complexity index is 312. The molecule has 0 radical (unpaired) electrons. The Labute approximate surface area is 76.3 Å². The maximum absolute atomic E-state index is 13.0. The molecule has 70 valence electrons. The number of alkyl halides is 1. The van der Waals surface area contributed by atoms with E-state index in [0.717, 1.165) is 5.56 Å². The largest absolute Gasteiger partial charge is 0.489 e. The van der Waals surface area contributed by atoms with E-state index >= 15 is 0 Å². The highest BCUT2D eigenvalue weighted by Crippen LogP contribution is 2.33. The van der Waals surface area contributed by atoms with Crippen LogP contribution in [0.2, 0.25) is 0 Å². The first-order valence-corrected chi connectivity index (χ1v) is 4.30. The Morgan fingerprint density at radius 2 is 2.31 bits per heavy atom. The molecule has 0 saturated carbocycles. The molecule has 2 rings (SSSR count). The summed E-state index contributed by atoms with van der Waals surface area (Å²) >= 11 is 0. The van der Waals surface area contributed by atoms with E-state index in [4.69, 9.17) is 9.47 Å². The predicted molar refractivity (Wildman–Crippen MR) is 46.8 cm³/mol. The summed E-state index contributed by atoms with van der Waals surface area (Å²) in [4.78, 5) is 0. The lowest BCUT2D eigenvalue weighted by Crippen LogP contribution is -2.09. The number of para-hydroxylation sites is 1. The minimum Gasteiger partial charge on any atom is -0.489 e. The number of ether oxygens (including phenoxy) is 2. The van der Waals surface area contributed by atoms with E-state index in [1.54, 1.807) is 6.07 Å². The van der Waals surface area contributed by atoms with Gasteiger partial charge < -0.3 is 9.47 Å². The molecule has 0 bridgehead atoms. The molecule has 0 amide bonds. The lowest BCUT2D eigenvalue weighted by atomic mass is 10.2. The molecule has 1 unspecified atom stereocenters. The monoisotopic (exact) mass is 182 g/mol. The van der Waals surface area contributed by atoms with Crippen molar-refractivity contribution in [2.24, 2.45) is 0 Å². The number of rotatable bonds is 0. The van der Waals surface area contributed by atoms with Gasteiger partial charge in [-0.3, -0.25) is 0 Å². The molecular formula is C10H11FO2. The van der Waals surface area contributed by atoms with Gasteiger partial charge in [-0.25, -0.2) is 4.39 Å². The normalized spacial score (nSPS) is 20.9. The van der Waals surface area contributed by atoms with Crippen molar-refractivity contribution in [3.8, 4) is 11.5 Å². The minimum atomic E-state index is -1.25. The molecule has 1 atom stereocenters.